The average Bonchev–Trinajstić information content (AvgIpc) is 3.39. The highest BCUT2D eigenvalue weighted by molar-refractivity contribution is 7.19. The summed E-state index contributed by atoms with van der Waals surface area (Å²) >= 11 is 1.16. The molecule has 10 heteroatoms. The Labute approximate surface area is 216 Å². The number of anilines is 1. The first-order chi connectivity index (χ1) is 17.9. The molecule has 0 spiro atoms. The largest absolute Gasteiger partial charge is 0.496 e. The maximum atomic E-state index is 13.9. The van der Waals surface area contributed by atoms with Crippen molar-refractivity contribution in [3.63, 3.8) is 0 Å². The number of halogens is 1. The first-order valence-electron chi connectivity index (χ1n) is 12.0. The van der Waals surface area contributed by atoms with Crippen molar-refractivity contribution >= 4 is 39.2 Å². The number of piperidine rings is 1. The number of thiazole rings is 1. The molecule has 8 nitrogen and oxygen atoms in total. The second-order valence-corrected chi connectivity index (χ2v) is 10.4. The summed E-state index contributed by atoms with van der Waals surface area (Å²) in [6, 6.07) is 15.1. The maximum absolute atomic E-state index is 13.9. The lowest BCUT2D eigenvalue weighted by molar-refractivity contribution is 0.0684. The number of pyridine rings is 1. The van der Waals surface area contributed by atoms with Gasteiger partial charge in [-0.3, -0.25) is 9.59 Å². The molecule has 4 aromatic rings. The van der Waals surface area contributed by atoms with E-state index >= 15 is 0 Å². The Kier molecular flexibility index (Phi) is 5.75. The Hall–Kier alpha value is -4.05. The fraction of sp³-hybridized carbons (Fsp3) is 0.259. The van der Waals surface area contributed by atoms with Crippen molar-refractivity contribution in [1.29, 1.82) is 0 Å². The SMILES string of the molecule is COc1cc(C(=O)NC[C@@H]2CC3CC3N2C(=O)c2nc(N)sc2-c2cccc(F)c2)nc2ccccc12. The molecule has 188 valence electrons. The first-order valence-corrected chi connectivity index (χ1v) is 12.8. The van der Waals surface area contributed by atoms with Crippen molar-refractivity contribution in [3.8, 4) is 16.2 Å². The number of likely N-dealkylation sites (tertiary alicyclic amines) is 1. The second-order valence-electron chi connectivity index (χ2n) is 9.34. The fourth-order valence-electron chi connectivity index (χ4n) is 5.22. The van der Waals surface area contributed by atoms with Crippen LogP contribution in [0.25, 0.3) is 21.3 Å². The molecule has 6 rings (SSSR count). The molecule has 2 aromatic carbocycles. The second kappa shape index (κ2) is 9.11. The zero-order valence-electron chi connectivity index (χ0n) is 20.0. The molecule has 2 aromatic heterocycles. The summed E-state index contributed by atoms with van der Waals surface area (Å²) in [4.78, 5) is 37.9. The smallest absolute Gasteiger partial charge is 0.274 e. The quantitative estimate of drug-likeness (QED) is 0.398. The topological polar surface area (TPSA) is 110 Å². The van der Waals surface area contributed by atoms with Crippen LogP contribution < -0.4 is 15.8 Å². The normalized spacial score (nSPS) is 20.1. The minimum absolute atomic E-state index is 0.108. The minimum Gasteiger partial charge on any atom is -0.496 e. The van der Waals surface area contributed by atoms with E-state index in [9.17, 15) is 14.0 Å². The van der Waals surface area contributed by atoms with Crippen LogP contribution in [-0.2, 0) is 0 Å². The summed E-state index contributed by atoms with van der Waals surface area (Å²) in [7, 11) is 1.56. The summed E-state index contributed by atoms with van der Waals surface area (Å²) in [5.74, 6) is -0.0119. The number of aromatic nitrogens is 2. The predicted octanol–water partition coefficient (Wildman–Crippen LogP) is 4.12. The third-order valence-corrected chi connectivity index (χ3v) is 7.94. The van der Waals surface area contributed by atoms with E-state index in [0.717, 1.165) is 29.6 Å². The van der Waals surface area contributed by atoms with E-state index < -0.39 is 5.82 Å². The monoisotopic (exact) mass is 517 g/mol. The molecule has 3 N–H and O–H groups in total. The number of ether oxygens (including phenoxy) is 1. The Bertz CT molecular complexity index is 1540. The van der Waals surface area contributed by atoms with Gasteiger partial charge in [0.25, 0.3) is 11.8 Å². The molecule has 2 fully saturated rings. The van der Waals surface area contributed by atoms with Crippen molar-refractivity contribution in [2.75, 3.05) is 19.4 Å². The standard InChI is InChI=1S/C27H24FN5O3S/c1-36-22-12-20(31-19-8-3-2-7-18(19)22)25(34)30-13-17-10-15-11-21(15)33(17)26(35)23-24(37-27(29)32-23)14-5-4-6-16(28)9-14/h2-9,12,15,17,21H,10-11,13H2,1H3,(H2,29,32)(H,30,34)/t15?,17-,21?/m0/s1. The van der Waals surface area contributed by atoms with Gasteiger partial charge >= 0.3 is 0 Å². The minimum atomic E-state index is -0.397. The van der Waals surface area contributed by atoms with E-state index in [-0.39, 0.29) is 47.0 Å². The van der Waals surface area contributed by atoms with Crippen LogP contribution in [0.4, 0.5) is 9.52 Å². The van der Waals surface area contributed by atoms with Crippen LogP contribution in [0.3, 0.4) is 0 Å². The highest BCUT2D eigenvalue weighted by atomic mass is 32.1. The number of fused-ring (bicyclic) bond motifs is 2. The van der Waals surface area contributed by atoms with Crippen molar-refractivity contribution in [1.82, 2.24) is 20.2 Å². The van der Waals surface area contributed by atoms with Gasteiger partial charge in [0, 0.05) is 24.0 Å². The van der Waals surface area contributed by atoms with E-state index in [0.29, 0.717) is 27.6 Å². The average molecular weight is 518 g/mol. The van der Waals surface area contributed by atoms with E-state index in [1.54, 1.807) is 25.3 Å². The van der Waals surface area contributed by atoms with Crippen LogP contribution in [0.15, 0.2) is 54.6 Å². The Morgan fingerprint density at radius 1 is 1.16 bits per heavy atom. The van der Waals surface area contributed by atoms with Gasteiger partial charge in [-0.1, -0.05) is 35.6 Å². The lowest BCUT2D eigenvalue weighted by atomic mass is 10.1. The molecule has 1 saturated heterocycles. The molecule has 37 heavy (non-hydrogen) atoms. The van der Waals surface area contributed by atoms with E-state index in [1.807, 2.05) is 29.2 Å². The number of hydrogen-bond acceptors (Lipinski definition) is 7. The molecule has 3 atom stereocenters. The van der Waals surface area contributed by atoms with Gasteiger partial charge in [-0.25, -0.2) is 14.4 Å². The van der Waals surface area contributed by atoms with E-state index in [2.05, 4.69) is 15.3 Å². The number of nitrogens with two attached hydrogens (primary N) is 1. The van der Waals surface area contributed by atoms with Crippen LogP contribution >= 0.6 is 11.3 Å². The van der Waals surface area contributed by atoms with Gasteiger partial charge in [0.15, 0.2) is 5.13 Å². The number of nitrogens with zero attached hydrogens (tertiary/aromatic N) is 3. The number of hydrogen-bond donors (Lipinski definition) is 2. The Balaban J connectivity index is 1.22. The van der Waals surface area contributed by atoms with Gasteiger partial charge < -0.3 is 20.7 Å². The molecule has 0 radical (unpaired) electrons. The molecular weight excluding hydrogens is 493 g/mol. The van der Waals surface area contributed by atoms with Gasteiger partial charge in [0.2, 0.25) is 0 Å². The molecule has 2 aliphatic rings. The molecule has 1 saturated carbocycles. The summed E-state index contributed by atoms with van der Waals surface area (Å²) in [5.41, 5.74) is 7.66. The summed E-state index contributed by atoms with van der Waals surface area (Å²) in [6.45, 7) is 0.281. The number of rotatable bonds is 6. The van der Waals surface area contributed by atoms with Gasteiger partial charge in [0.1, 0.15) is 23.0 Å². The van der Waals surface area contributed by atoms with Crippen LogP contribution in [0.1, 0.15) is 33.8 Å². The van der Waals surface area contributed by atoms with Gasteiger partial charge in [-0.05, 0) is 48.6 Å². The van der Waals surface area contributed by atoms with Gasteiger partial charge in [-0.15, -0.1) is 0 Å². The first kappa shape index (κ1) is 23.4. The summed E-state index contributed by atoms with van der Waals surface area (Å²) in [6.07, 6.45) is 1.72. The molecule has 1 aliphatic carbocycles. The lowest BCUT2D eigenvalue weighted by Crippen LogP contribution is -2.45. The molecule has 1 aliphatic heterocycles. The predicted molar refractivity (Wildman–Crippen MR) is 139 cm³/mol. The summed E-state index contributed by atoms with van der Waals surface area (Å²) in [5, 5.41) is 4.02. The number of nitrogens with one attached hydrogen (secondary N) is 1. The van der Waals surface area contributed by atoms with Crippen molar-refractivity contribution in [2.45, 2.75) is 24.9 Å². The number of amides is 2. The third-order valence-electron chi connectivity index (χ3n) is 7.01. The number of benzene rings is 2. The highest BCUT2D eigenvalue weighted by Crippen LogP contribution is 2.49. The Morgan fingerprint density at radius 2 is 2.00 bits per heavy atom. The third kappa shape index (κ3) is 4.27. The number of nitrogen functional groups attached to an aromatic ring is 1. The van der Waals surface area contributed by atoms with Gasteiger partial charge in [0.05, 0.1) is 23.5 Å². The lowest BCUT2D eigenvalue weighted by Gasteiger charge is -2.27. The molecule has 0 bridgehead atoms. The number of para-hydroxylation sites is 1. The molecule has 3 heterocycles. The summed E-state index contributed by atoms with van der Waals surface area (Å²) < 4.78 is 19.3. The van der Waals surface area contributed by atoms with E-state index in [1.165, 1.54) is 12.1 Å². The highest BCUT2D eigenvalue weighted by Gasteiger charge is 2.54. The number of carbonyl (C=O) groups is 2. The van der Waals surface area contributed by atoms with E-state index in [4.69, 9.17) is 10.5 Å². The number of methoxy groups -OCH3 is 1. The van der Waals surface area contributed by atoms with Crippen LogP contribution in [0.2, 0.25) is 0 Å². The Morgan fingerprint density at radius 3 is 2.81 bits per heavy atom. The van der Waals surface area contributed by atoms with Crippen LogP contribution in [-0.4, -0.2) is 52.4 Å². The van der Waals surface area contributed by atoms with Crippen molar-refractivity contribution in [2.24, 2.45) is 5.92 Å². The molecular formula is C27H24FN5O3S. The number of carbonyl (C=O) groups excluding carboxylic acids is 2. The van der Waals surface area contributed by atoms with Crippen molar-refractivity contribution < 1.29 is 18.7 Å². The molecule has 2 unspecified atom stereocenters. The fourth-order valence-corrected chi connectivity index (χ4v) is 6.04. The zero-order valence-corrected chi connectivity index (χ0v) is 20.8. The maximum Gasteiger partial charge on any atom is 0.274 e. The van der Waals surface area contributed by atoms with Crippen molar-refractivity contribution in [3.05, 3.63) is 71.8 Å². The zero-order chi connectivity index (χ0) is 25.7. The molecule has 2 amide bonds. The van der Waals surface area contributed by atoms with Crippen LogP contribution in [0.5, 0.6) is 5.75 Å². The van der Waals surface area contributed by atoms with Crippen LogP contribution in [0, 0.1) is 11.7 Å². The van der Waals surface area contributed by atoms with Gasteiger partial charge in [-0.2, -0.15) is 0 Å².